The summed E-state index contributed by atoms with van der Waals surface area (Å²) in [6.45, 7) is 9.47. The first-order valence-corrected chi connectivity index (χ1v) is 11.6. The van der Waals surface area contributed by atoms with Gasteiger partial charge >= 0.3 is 11.9 Å². The predicted molar refractivity (Wildman–Crippen MR) is 130 cm³/mol. The maximum Gasteiger partial charge on any atom is 0.416 e. The topological polar surface area (TPSA) is 115 Å². The molecule has 37 heavy (non-hydrogen) atoms. The van der Waals surface area contributed by atoms with Gasteiger partial charge in [0.25, 0.3) is 0 Å². The van der Waals surface area contributed by atoms with Gasteiger partial charge in [-0.25, -0.2) is 14.2 Å². The molecule has 3 heterocycles. The highest BCUT2D eigenvalue weighted by Gasteiger charge is 2.38. The fraction of sp³-hybridized carbons (Fsp3) is 0.522. The maximum atomic E-state index is 14.6. The number of aryl methyl sites for hydroxylation is 1. The van der Waals surface area contributed by atoms with E-state index in [1.807, 2.05) is 0 Å². The molecule has 3 N–H and O–H groups in total. The van der Waals surface area contributed by atoms with E-state index in [0.29, 0.717) is 12.8 Å². The highest BCUT2D eigenvalue weighted by Crippen LogP contribution is 2.37. The normalized spacial score (nSPS) is 17.6. The van der Waals surface area contributed by atoms with Gasteiger partial charge in [-0.15, -0.1) is 0 Å². The summed E-state index contributed by atoms with van der Waals surface area (Å²) in [4.78, 5) is 20.4. The number of piperidine rings is 1. The third-order valence-corrected chi connectivity index (χ3v) is 6.17. The van der Waals surface area contributed by atoms with Crippen LogP contribution in [0.5, 0.6) is 0 Å². The van der Waals surface area contributed by atoms with Gasteiger partial charge in [-0.05, 0) is 75.6 Å². The molecule has 14 heteroatoms. The van der Waals surface area contributed by atoms with Gasteiger partial charge in [0.1, 0.15) is 0 Å². The van der Waals surface area contributed by atoms with Gasteiger partial charge in [0.05, 0.1) is 17.4 Å². The van der Waals surface area contributed by atoms with Crippen LogP contribution >= 0.6 is 0 Å². The van der Waals surface area contributed by atoms with E-state index in [-0.39, 0.29) is 45.8 Å². The summed E-state index contributed by atoms with van der Waals surface area (Å²) >= 11 is 0. The molecule has 1 aliphatic heterocycles. The molecule has 0 atom stereocenters. The van der Waals surface area contributed by atoms with Crippen molar-refractivity contribution in [3.8, 4) is 5.69 Å². The average molecular weight is 524 g/mol. The van der Waals surface area contributed by atoms with Gasteiger partial charge in [0.2, 0.25) is 5.95 Å². The number of tetrazole rings is 1. The summed E-state index contributed by atoms with van der Waals surface area (Å²) < 4.78 is 57.8. The van der Waals surface area contributed by atoms with Crippen LogP contribution in [0.25, 0.3) is 5.69 Å². The third kappa shape index (κ3) is 5.73. The van der Waals surface area contributed by atoms with Gasteiger partial charge in [-0.3, -0.25) is 0 Å². The van der Waals surface area contributed by atoms with E-state index in [9.17, 15) is 22.4 Å². The zero-order chi connectivity index (χ0) is 27.3. The molecular formula is C23H29F4N9O. The molecule has 3 aromatic rings. The number of hydrogen-bond donors (Lipinski definition) is 3. The first-order chi connectivity index (χ1) is 17.0. The summed E-state index contributed by atoms with van der Waals surface area (Å²) in [6.07, 6.45) is -2.37. The molecule has 200 valence electrons. The lowest BCUT2D eigenvalue weighted by Gasteiger charge is -2.46. The minimum Gasteiger partial charge on any atom is -0.365 e. The van der Waals surface area contributed by atoms with E-state index in [1.165, 1.54) is 20.0 Å². The standard InChI is InChI=1S/C23H29F4N9O/c1-12-15(23(25,26)27)7-13(8-17(12)36-20(37)35(6)33-34-36)30-19-28-11-16(24)18(31-19)29-14-9-21(2,3)32-22(4,5)10-14/h7-8,11,14,32H,9-10H2,1-6H3,(H2,28,29,30,31). The molecule has 0 spiro atoms. The third-order valence-electron chi connectivity index (χ3n) is 6.17. The lowest BCUT2D eigenvalue weighted by molar-refractivity contribution is -0.138. The fourth-order valence-corrected chi connectivity index (χ4v) is 5.03. The summed E-state index contributed by atoms with van der Waals surface area (Å²) in [5, 5.41) is 16.6. The van der Waals surface area contributed by atoms with Crippen molar-refractivity contribution in [1.29, 1.82) is 0 Å². The van der Waals surface area contributed by atoms with Crippen LogP contribution in [0.1, 0.15) is 51.7 Å². The second-order valence-corrected chi connectivity index (χ2v) is 10.6. The highest BCUT2D eigenvalue weighted by molar-refractivity contribution is 5.63. The Hall–Kier alpha value is -3.55. The Morgan fingerprint density at radius 2 is 1.76 bits per heavy atom. The summed E-state index contributed by atoms with van der Waals surface area (Å²) in [5.41, 5.74) is -2.49. The zero-order valence-electron chi connectivity index (χ0n) is 21.3. The Morgan fingerprint density at radius 1 is 1.11 bits per heavy atom. The Balaban J connectivity index is 1.68. The Morgan fingerprint density at radius 3 is 2.32 bits per heavy atom. The minimum absolute atomic E-state index is 0.0628. The van der Waals surface area contributed by atoms with Crippen LogP contribution in [0, 0.1) is 12.7 Å². The van der Waals surface area contributed by atoms with Crippen LogP contribution < -0.4 is 21.6 Å². The van der Waals surface area contributed by atoms with Crippen molar-refractivity contribution in [3.63, 3.8) is 0 Å². The molecule has 1 aromatic carbocycles. The monoisotopic (exact) mass is 523 g/mol. The van der Waals surface area contributed by atoms with Crippen LogP contribution in [-0.4, -0.2) is 46.9 Å². The molecule has 0 bridgehead atoms. The van der Waals surface area contributed by atoms with Crippen molar-refractivity contribution < 1.29 is 17.6 Å². The number of aromatic nitrogens is 6. The van der Waals surface area contributed by atoms with Crippen molar-refractivity contribution in [2.45, 2.75) is 70.8 Å². The number of anilines is 3. The smallest absolute Gasteiger partial charge is 0.365 e. The molecule has 0 radical (unpaired) electrons. The van der Waals surface area contributed by atoms with E-state index in [0.717, 1.165) is 21.6 Å². The Labute approximate surface area is 210 Å². The number of halogens is 4. The number of rotatable bonds is 5. The van der Waals surface area contributed by atoms with Crippen molar-refractivity contribution in [1.82, 2.24) is 35.1 Å². The molecule has 2 aromatic heterocycles. The average Bonchev–Trinajstić information content (AvgIpc) is 3.07. The van der Waals surface area contributed by atoms with Crippen LogP contribution in [0.4, 0.5) is 35.0 Å². The van der Waals surface area contributed by atoms with Crippen LogP contribution in [-0.2, 0) is 13.2 Å². The second-order valence-electron chi connectivity index (χ2n) is 10.6. The maximum absolute atomic E-state index is 14.6. The van der Waals surface area contributed by atoms with Gasteiger partial charge in [0.15, 0.2) is 11.6 Å². The first-order valence-electron chi connectivity index (χ1n) is 11.6. The van der Waals surface area contributed by atoms with Crippen molar-refractivity contribution in [2.24, 2.45) is 7.05 Å². The van der Waals surface area contributed by atoms with Gasteiger partial charge in [-0.2, -0.15) is 27.5 Å². The molecule has 1 fully saturated rings. The van der Waals surface area contributed by atoms with Gasteiger partial charge in [-0.1, -0.05) is 0 Å². The van der Waals surface area contributed by atoms with Crippen LogP contribution in [0.3, 0.4) is 0 Å². The summed E-state index contributed by atoms with van der Waals surface area (Å²) in [7, 11) is 1.33. The lowest BCUT2D eigenvalue weighted by Crippen LogP contribution is -2.60. The number of benzene rings is 1. The van der Waals surface area contributed by atoms with E-state index in [2.05, 4.69) is 64.0 Å². The minimum atomic E-state index is -4.71. The van der Waals surface area contributed by atoms with Crippen LogP contribution in [0.15, 0.2) is 23.1 Å². The number of hydrogen-bond acceptors (Lipinski definition) is 8. The second kappa shape index (κ2) is 9.08. The summed E-state index contributed by atoms with van der Waals surface area (Å²) in [6, 6.07) is 2.07. The van der Waals surface area contributed by atoms with Gasteiger partial charge < -0.3 is 16.0 Å². The molecule has 0 amide bonds. The predicted octanol–water partition coefficient (Wildman–Crippen LogP) is 3.69. The van der Waals surface area contributed by atoms with Crippen molar-refractivity contribution >= 4 is 17.5 Å². The molecular weight excluding hydrogens is 494 g/mol. The zero-order valence-corrected chi connectivity index (χ0v) is 21.3. The van der Waals surface area contributed by atoms with Crippen LogP contribution in [0.2, 0.25) is 0 Å². The van der Waals surface area contributed by atoms with Crippen molar-refractivity contribution in [2.75, 3.05) is 10.6 Å². The molecule has 0 saturated carbocycles. The SMILES string of the molecule is Cc1c(-n2nnn(C)c2=O)cc(Nc2ncc(F)c(NC3CC(C)(C)NC(C)(C)C3)n2)cc1C(F)(F)F. The fourth-order valence-electron chi connectivity index (χ4n) is 5.03. The number of alkyl halides is 3. The molecule has 4 rings (SSSR count). The molecule has 10 nitrogen and oxygen atoms in total. The van der Waals surface area contributed by atoms with E-state index >= 15 is 0 Å². The van der Waals surface area contributed by atoms with E-state index in [1.54, 1.807) is 0 Å². The van der Waals surface area contributed by atoms with E-state index < -0.39 is 23.2 Å². The molecule has 0 unspecified atom stereocenters. The summed E-state index contributed by atoms with van der Waals surface area (Å²) in [5.74, 6) is -0.873. The Bertz CT molecular complexity index is 1360. The number of nitrogens with one attached hydrogen (secondary N) is 3. The quantitative estimate of drug-likeness (QED) is 0.434. The molecule has 0 aliphatic carbocycles. The number of nitrogens with zero attached hydrogens (tertiary/aromatic N) is 6. The molecule has 1 saturated heterocycles. The van der Waals surface area contributed by atoms with Crippen molar-refractivity contribution in [3.05, 3.63) is 45.8 Å². The first kappa shape index (κ1) is 26.5. The van der Waals surface area contributed by atoms with E-state index in [4.69, 9.17) is 0 Å². The Kier molecular flexibility index (Phi) is 6.51. The van der Waals surface area contributed by atoms with Gasteiger partial charge in [0, 0.05) is 29.9 Å². The molecule has 1 aliphatic rings. The largest absolute Gasteiger partial charge is 0.416 e. The highest BCUT2D eigenvalue weighted by atomic mass is 19.4. The lowest BCUT2D eigenvalue weighted by atomic mass is 9.79.